The summed E-state index contributed by atoms with van der Waals surface area (Å²) in [7, 11) is 0. The minimum absolute atomic E-state index is 2.01. The first-order valence-electron chi connectivity index (χ1n) is 4.87. The molecule has 3 nitrogen and oxygen atoms in total. The Kier molecular flexibility index (Phi) is 6.44. The molecule has 0 saturated heterocycles. The zero-order valence-electron chi connectivity index (χ0n) is 10.5. The highest BCUT2D eigenvalue weighted by atomic mass is 19.4. The van der Waals surface area contributed by atoms with Crippen LogP contribution in [0.5, 0.6) is 0 Å². The summed E-state index contributed by atoms with van der Waals surface area (Å²) in [5, 5.41) is 0. The minimum Gasteiger partial charge on any atom is -0.436 e. The molecule has 0 bridgehead atoms. The lowest BCUT2D eigenvalue weighted by Crippen LogP contribution is -2.26. The molecule has 0 fully saturated rings. The molecule has 0 N–H and O–H groups in total. The second-order valence-electron chi connectivity index (χ2n) is 3.40. The van der Waals surface area contributed by atoms with Crippen molar-refractivity contribution < 1.29 is 75.7 Å². The highest BCUT2D eigenvalue weighted by Gasteiger charge is 2.51. The standard InChI is InChI=1S/C8F14O3/c9-3(24-7(17,18)19)1(5(11,12)13)23-2(6(14,15)16)4(10)25-8(20,21)22. The number of rotatable bonds is 4. The normalized spacial score (nSPS) is 16.1. The molecule has 0 aliphatic rings. The summed E-state index contributed by atoms with van der Waals surface area (Å²) in [4.78, 5) is 0. The van der Waals surface area contributed by atoms with Crippen molar-refractivity contribution in [3.8, 4) is 0 Å². The van der Waals surface area contributed by atoms with E-state index in [1.807, 2.05) is 9.47 Å². The van der Waals surface area contributed by atoms with Crippen molar-refractivity contribution in [1.82, 2.24) is 0 Å². The summed E-state index contributed by atoms with van der Waals surface area (Å²) in [6.07, 6.45) is -25.4. The Morgan fingerprint density at radius 3 is 0.880 bits per heavy atom. The summed E-state index contributed by atoms with van der Waals surface area (Å²) in [5.74, 6) is -7.75. The number of hydrogen-bond acceptors (Lipinski definition) is 3. The zero-order valence-corrected chi connectivity index (χ0v) is 10.5. The van der Waals surface area contributed by atoms with Gasteiger partial charge < -0.3 is 14.2 Å². The van der Waals surface area contributed by atoms with Crippen LogP contribution in [-0.2, 0) is 14.2 Å². The van der Waals surface area contributed by atoms with E-state index in [0.717, 1.165) is 0 Å². The van der Waals surface area contributed by atoms with Crippen molar-refractivity contribution in [2.45, 2.75) is 25.1 Å². The van der Waals surface area contributed by atoms with Gasteiger partial charge >= 0.3 is 37.1 Å². The first-order valence-corrected chi connectivity index (χ1v) is 4.87. The van der Waals surface area contributed by atoms with Gasteiger partial charge in [0.25, 0.3) is 11.5 Å². The van der Waals surface area contributed by atoms with Gasteiger partial charge in [-0.2, -0.15) is 35.1 Å². The maximum atomic E-state index is 12.7. The minimum atomic E-state index is -6.51. The number of hydrogen-bond donors (Lipinski definition) is 0. The van der Waals surface area contributed by atoms with E-state index in [1.165, 1.54) is 0 Å². The van der Waals surface area contributed by atoms with E-state index >= 15 is 0 Å². The molecule has 0 atom stereocenters. The quantitative estimate of drug-likeness (QED) is 0.454. The number of halogens is 14. The van der Waals surface area contributed by atoms with Gasteiger partial charge in [-0.15, -0.1) is 26.3 Å². The van der Waals surface area contributed by atoms with Gasteiger partial charge in [0.1, 0.15) is 0 Å². The molecule has 0 aliphatic heterocycles. The predicted molar refractivity (Wildman–Crippen MR) is 43.7 cm³/mol. The Morgan fingerprint density at radius 2 is 0.720 bits per heavy atom. The molecule has 0 aromatic carbocycles. The van der Waals surface area contributed by atoms with Gasteiger partial charge in [-0.3, -0.25) is 0 Å². The molecule has 0 amide bonds. The van der Waals surface area contributed by atoms with Crippen molar-refractivity contribution in [1.29, 1.82) is 0 Å². The lowest BCUT2D eigenvalue weighted by molar-refractivity contribution is -0.319. The topological polar surface area (TPSA) is 27.7 Å². The fourth-order valence-electron chi connectivity index (χ4n) is 0.817. The molecule has 0 aliphatic carbocycles. The maximum Gasteiger partial charge on any atom is 0.574 e. The smallest absolute Gasteiger partial charge is 0.436 e. The van der Waals surface area contributed by atoms with E-state index in [2.05, 4.69) is 4.74 Å². The molecule has 0 aromatic heterocycles. The Morgan fingerprint density at radius 1 is 0.480 bits per heavy atom. The molecular formula is C8F14O3. The molecule has 0 heterocycles. The maximum absolute atomic E-state index is 12.7. The summed E-state index contributed by atoms with van der Waals surface area (Å²) >= 11 is 0. The van der Waals surface area contributed by atoms with Crippen LogP contribution in [0.2, 0.25) is 0 Å². The van der Waals surface area contributed by atoms with Gasteiger partial charge in [-0.05, 0) is 0 Å². The average molecular weight is 410 g/mol. The average Bonchev–Trinajstić information content (AvgIpc) is 2.19. The van der Waals surface area contributed by atoms with E-state index in [0.29, 0.717) is 0 Å². The van der Waals surface area contributed by atoms with E-state index in [4.69, 9.17) is 0 Å². The Labute approximate surface area is 126 Å². The van der Waals surface area contributed by atoms with Gasteiger partial charge in [0, 0.05) is 0 Å². The summed E-state index contributed by atoms with van der Waals surface area (Å²) in [6.45, 7) is 0. The van der Waals surface area contributed by atoms with Crippen LogP contribution in [0.1, 0.15) is 0 Å². The molecule has 0 spiro atoms. The van der Waals surface area contributed by atoms with Crippen LogP contribution in [0, 0.1) is 0 Å². The lowest BCUT2D eigenvalue weighted by Gasteiger charge is -2.19. The van der Waals surface area contributed by atoms with Gasteiger partial charge in [0.15, 0.2) is 0 Å². The molecule has 17 heteroatoms. The first kappa shape index (κ1) is 22.9. The van der Waals surface area contributed by atoms with Crippen LogP contribution in [-0.4, -0.2) is 25.1 Å². The highest BCUT2D eigenvalue weighted by molar-refractivity contribution is 5.11. The SMILES string of the molecule is FC(OC(F)(F)F)=C(OC(=C(F)OC(F)(F)F)C(F)(F)F)C(F)(F)F. The fourth-order valence-corrected chi connectivity index (χ4v) is 0.817. The Bertz CT molecular complexity index is 482. The van der Waals surface area contributed by atoms with Crippen LogP contribution < -0.4 is 0 Å². The molecule has 25 heavy (non-hydrogen) atoms. The number of ether oxygens (including phenoxy) is 3. The lowest BCUT2D eigenvalue weighted by atomic mass is 10.4. The van der Waals surface area contributed by atoms with Crippen LogP contribution >= 0.6 is 0 Å². The van der Waals surface area contributed by atoms with Gasteiger partial charge in [-0.1, -0.05) is 0 Å². The van der Waals surface area contributed by atoms with Crippen LogP contribution in [0.15, 0.2) is 23.5 Å². The molecule has 0 saturated carbocycles. The van der Waals surface area contributed by atoms with Gasteiger partial charge in [0.05, 0.1) is 0 Å². The monoisotopic (exact) mass is 410 g/mol. The summed E-state index contributed by atoms with van der Waals surface area (Å²) < 4.78 is 175. The van der Waals surface area contributed by atoms with E-state index < -0.39 is 48.6 Å². The van der Waals surface area contributed by atoms with Gasteiger partial charge in [0.2, 0.25) is 0 Å². The Hall–Kier alpha value is -2.10. The number of alkyl halides is 12. The third-order valence-corrected chi connectivity index (χ3v) is 1.49. The van der Waals surface area contributed by atoms with E-state index in [1.54, 1.807) is 0 Å². The second-order valence-corrected chi connectivity index (χ2v) is 3.40. The van der Waals surface area contributed by atoms with Crippen molar-refractivity contribution >= 4 is 0 Å². The first-order chi connectivity index (χ1) is 10.7. The van der Waals surface area contributed by atoms with Crippen LogP contribution in [0.4, 0.5) is 61.5 Å². The largest absolute Gasteiger partial charge is 0.574 e. The molecule has 0 unspecified atom stereocenters. The van der Waals surface area contributed by atoms with Gasteiger partial charge in [-0.25, -0.2) is 0 Å². The molecular weight excluding hydrogens is 410 g/mol. The third kappa shape index (κ3) is 8.52. The van der Waals surface area contributed by atoms with E-state index in [9.17, 15) is 61.5 Å². The van der Waals surface area contributed by atoms with Crippen molar-refractivity contribution in [3.05, 3.63) is 23.5 Å². The highest BCUT2D eigenvalue weighted by Crippen LogP contribution is 2.40. The summed E-state index contributed by atoms with van der Waals surface area (Å²) in [5.41, 5.74) is 0. The third-order valence-electron chi connectivity index (χ3n) is 1.49. The van der Waals surface area contributed by atoms with Crippen LogP contribution in [0.25, 0.3) is 0 Å². The van der Waals surface area contributed by atoms with Crippen molar-refractivity contribution in [2.75, 3.05) is 0 Å². The van der Waals surface area contributed by atoms with Crippen molar-refractivity contribution in [2.24, 2.45) is 0 Å². The predicted octanol–water partition coefficient (Wildman–Crippen LogP) is 5.48. The summed E-state index contributed by atoms with van der Waals surface area (Å²) in [6, 6.07) is -7.77. The second kappa shape index (κ2) is 7.03. The molecule has 0 rings (SSSR count). The molecule has 0 aromatic rings. The Balaban J connectivity index is 6.14. The molecule has 148 valence electrons. The number of allylic oxidation sites excluding steroid dienone is 2. The zero-order chi connectivity index (χ0) is 20.4. The fraction of sp³-hybridized carbons (Fsp3) is 0.500. The van der Waals surface area contributed by atoms with Crippen molar-refractivity contribution in [3.63, 3.8) is 0 Å². The van der Waals surface area contributed by atoms with E-state index in [-0.39, 0.29) is 0 Å². The molecule has 0 radical (unpaired) electrons. The van der Waals surface area contributed by atoms with Crippen LogP contribution in [0.3, 0.4) is 0 Å².